The molecule has 0 amide bonds. The first-order valence-corrected chi connectivity index (χ1v) is 8.61. The molecule has 3 nitrogen and oxygen atoms in total. The van der Waals surface area contributed by atoms with Crippen molar-refractivity contribution >= 4 is 25.8 Å². The Morgan fingerprint density at radius 2 is 2.11 bits per heavy atom. The van der Waals surface area contributed by atoms with Gasteiger partial charge in [0.2, 0.25) is 0 Å². The van der Waals surface area contributed by atoms with Gasteiger partial charge in [0, 0.05) is 16.6 Å². The third kappa shape index (κ3) is 4.57. The van der Waals surface area contributed by atoms with E-state index in [0.29, 0.717) is 17.3 Å². The van der Waals surface area contributed by atoms with Gasteiger partial charge in [-0.1, -0.05) is 35.0 Å². The molecule has 0 spiro atoms. The lowest BCUT2D eigenvalue weighted by Gasteiger charge is -2.10. The normalized spacial score (nSPS) is 11.5. The van der Waals surface area contributed by atoms with E-state index in [1.54, 1.807) is 19.1 Å². The number of para-hydroxylation sites is 1. The molecule has 0 atom stereocenters. The molecule has 6 heteroatoms. The summed E-state index contributed by atoms with van der Waals surface area (Å²) >= 11 is 3.25. The number of hydrogen-bond donors (Lipinski definition) is 0. The molecule has 0 N–H and O–H groups in total. The minimum absolute atomic E-state index is 0.0710. The van der Waals surface area contributed by atoms with Crippen molar-refractivity contribution in [3.05, 3.63) is 29.6 Å². The molecule has 1 aromatic rings. The van der Waals surface area contributed by atoms with Gasteiger partial charge in [0.1, 0.15) is 9.84 Å². The molecule has 0 fully saturated rings. The zero-order chi connectivity index (χ0) is 13.6. The number of halogens is 2. The summed E-state index contributed by atoms with van der Waals surface area (Å²) in [6.07, 6.45) is 0.367. The van der Waals surface area contributed by atoms with E-state index in [1.807, 2.05) is 0 Å². The first-order chi connectivity index (χ1) is 8.50. The van der Waals surface area contributed by atoms with Gasteiger partial charge in [-0.2, -0.15) is 0 Å². The van der Waals surface area contributed by atoms with Gasteiger partial charge < -0.3 is 4.74 Å². The van der Waals surface area contributed by atoms with Gasteiger partial charge in [-0.15, -0.1) is 0 Å². The molecule has 1 rings (SSSR count). The largest absolute Gasteiger partial charge is 0.490 e. The van der Waals surface area contributed by atoms with Gasteiger partial charge in [0.15, 0.2) is 11.6 Å². The SMILES string of the molecule is CCS(=O)(=O)CCCOc1c(F)cccc1CBr. The summed E-state index contributed by atoms with van der Waals surface area (Å²) < 4.78 is 41.4. The fourth-order valence-corrected chi connectivity index (χ4v) is 2.71. The van der Waals surface area contributed by atoms with Crippen molar-refractivity contribution in [2.24, 2.45) is 0 Å². The Hall–Kier alpha value is -0.620. The van der Waals surface area contributed by atoms with Crippen LogP contribution in [0.2, 0.25) is 0 Å². The van der Waals surface area contributed by atoms with Crippen molar-refractivity contribution in [3.63, 3.8) is 0 Å². The van der Waals surface area contributed by atoms with E-state index in [2.05, 4.69) is 15.9 Å². The van der Waals surface area contributed by atoms with Crippen LogP contribution >= 0.6 is 15.9 Å². The van der Waals surface area contributed by atoms with Gasteiger partial charge >= 0.3 is 0 Å². The first-order valence-electron chi connectivity index (χ1n) is 5.66. The Morgan fingerprint density at radius 1 is 1.39 bits per heavy atom. The summed E-state index contributed by atoms with van der Waals surface area (Å²) in [5, 5.41) is 0.493. The highest BCUT2D eigenvalue weighted by atomic mass is 79.9. The number of sulfone groups is 1. The van der Waals surface area contributed by atoms with Crippen molar-refractivity contribution in [3.8, 4) is 5.75 Å². The summed E-state index contributed by atoms with van der Waals surface area (Å²) in [6.45, 7) is 1.80. The van der Waals surface area contributed by atoms with Crippen LogP contribution in [0.4, 0.5) is 4.39 Å². The smallest absolute Gasteiger partial charge is 0.165 e. The zero-order valence-electron chi connectivity index (χ0n) is 10.2. The highest BCUT2D eigenvalue weighted by Crippen LogP contribution is 2.24. The van der Waals surface area contributed by atoms with Crippen molar-refractivity contribution in [2.45, 2.75) is 18.7 Å². The van der Waals surface area contributed by atoms with Crippen LogP contribution in [-0.2, 0) is 15.2 Å². The molecule has 0 aliphatic heterocycles. The number of hydrogen-bond acceptors (Lipinski definition) is 3. The Morgan fingerprint density at radius 3 is 2.72 bits per heavy atom. The van der Waals surface area contributed by atoms with Crippen LogP contribution in [-0.4, -0.2) is 26.5 Å². The summed E-state index contributed by atoms with van der Waals surface area (Å²) in [4.78, 5) is 0. The monoisotopic (exact) mass is 338 g/mol. The molecule has 0 unspecified atom stereocenters. The Bertz CT molecular complexity index is 488. The van der Waals surface area contributed by atoms with Crippen LogP contribution < -0.4 is 4.74 Å². The zero-order valence-corrected chi connectivity index (χ0v) is 12.6. The number of benzene rings is 1. The standard InChI is InChI=1S/C12H16BrFO3S/c1-2-18(15,16)8-4-7-17-12-10(9-13)5-3-6-11(12)14/h3,5-6H,2,4,7-9H2,1H3. The Balaban J connectivity index is 2.54. The predicted octanol–water partition coefficient (Wildman–Crippen LogP) is 2.92. The number of ether oxygens (including phenoxy) is 1. The molecule has 102 valence electrons. The maximum absolute atomic E-state index is 13.5. The maximum atomic E-state index is 13.5. The van der Waals surface area contributed by atoms with E-state index in [4.69, 9.17) is 4.74 Å². The molecular weight excluding hydrogens is 323 g/mol. The minimum Gasteiger partial charge on any atom is -0.490 e. The van der Waals surface area contributed by atoms with Crippen LogP contribution in [0.15, 0.2) is 18.2 Å². The van der Waals surface area contributed by atoms with E-state index in [0.717, 1.165) is 0 Å². The molecule has 0 aliphatic carbocycles. The van der Waals surface area contributed by atoms with E-state index in [-0.39, 0.29) is 23.9 Å². The summed E-state index contributed by atoms with van der Waals surface area (Å²) in [5.41, 5.74) is 0.716. The number of rotatable bonds is 7. The van der Waals surface area contributed by atoms with Crippen LogP contribution in [0.25, 0.3) is 0 Å². The van der Waals surface area contributed by atoms with Gasteiger partial charge in [-0.05, 0) is 12.5 Å². The van der Waals surface area contributed by atoms with E-state index < -0.39 is 15.7 Å². The highest BCUT2D eigenvalue weighted by Gasteiger charge is 2.10. The van der Waals surface area contributed by atoms with Crippen molar-refractivity contribution in [2.75, 3.05) is 18.1 Å². The molecule has 0 heterocycles. The second-order valence-corrected chi connectivity index (χ2v) is 6.83. The lowest BCUT2D eigenvalue weighted by Crippen LogP contribution is -2.12. The number of alkyl halides is 1. The van der Waals surface area contributed by atoms with Crippen LogP contribution in [0.1, 0.15) is 18.9 Å². The second-order valence-electron chi connectivity index (χ2n) is 3.80. The molecule has 0 aromatic heterocycles. The summed E-state index contributed by atoms with van der Waals surface area (Å²) in [5.74, 6) is -0.0328. The van der Waals surface area contributed by atoms with Crippen LogP contribution in [0, 0.1) is 5.82 Å². The predicted molar refractivity (Wildman–Crippen MR) is 73.5 cm³/mol. The molecule has 0 bridgehead atoms. The van der Waals surface area contributed by atoms with Gasteiger partial charge in [0.05, 0.1) is 12.4 Å². The average molecular weight is 339 g/mol. The molecule has 18 heavy (non-hydrogen) atoms. The van der Waals surface area contributed by atoms with Crippen molar-refractivity contribution in [1.82, 2.24) is 0 Å². The summed E-state index contributed by atoms with van der Waals surface area (Å²) in [6, 6.07) is 4.69. The third-order valence-corrected chi connectivity index (χ3v) is 4.87. The topological polar surface area (TPSA) is 43.4 Å². The lowest BCUT2D eigenvalue weighted by molar-refractivity contribution is 0.299. The van der Waals surface area contributed by atoms with E-state index in [1.165, 1.54) is 6.07 Å². The third-order valence-electron chi connectivity index (χ3n) is 2.48. The molecule has 0 saturated carbocycles. The van der Waals surface area contributed by atoms with Crippen molar-refractivity contribution < 1.29 is 17.5 Å². The Kier molecular flexibility index (Phi) is 6.08. The van der Waals surface area contributed by atoms with E-state index in [9.17, 15) is 12.8 Å². The fraction of sp³-hybridized carbons (Fsp3) is 0.500. The highest BCUT2D eigenvalue weighted by molar-refractivity contribution is 9.08. The van der Waals surface area contributed by atoms with Gasteiger partial charge in [0.25, 0.3) is 0 Å². The van der Waals surface area contributed by atoms with Crippen LogP contribution in [0.3, 0.4) is 0 Å². The maximum Gasteiger partial charge on any atom is 0.165 e. The molecule has 0 saturated heterocycles. The molecular formula is C12H16BrFO3S. The van der Waals surface area contributed by atoms with Gasteiger partial charge in [-0.3, -0.25) is 0 Å². The Labute approximate surface area is 115 Å². The van der Waals surface area contributed by atoms with Crippen LogP contribution in [0.5, 0.6) is 5.75 Å². The summed E-state index contributed by atoms with van der Waals surface area (Å²) in [7, 11) is -2.98. The molecule has 0 aliphatic rings. The lowest BCUT2D eigenvalue weighted by atomic mass is 10.2. The van der Waals surface area contributed by atoms with Crippen molar-refractivity contribution in [1.29, 1.82) is 0 Å². The first kappa shape index (κ1) is 15.4. The quantitative estimate of drug-likeness (QED) is 0.567. The average Bonchev–Trinajstić information content (AvgIpc) is 2.36. The second kappa shape index (κ2) is 7.09. The molecule has 0 radical (unpaired) electrons. The molecule has 1 aromatic carbocycles. The minimum atomic E-state index is -2.98. The van der Waals surface area contributed by atoms with Gasteiger partial charge in [-0.25, -0.2) is 12.8 Å². The van der Waals surface area contributed by atoms with E-state index >= 15 is 0 Å². The fourth-order valence-electron chi connectivity index (χ4n) is 1.42.